The van der Waals surface area contributed by atoms with Crippen LogP contribution in [0.3, 0.4) is 0 Å². The topological polar surface area (TPSA) is 29.4 Å². The summed E-state index contributed by atoms with van der Waals surface area (Å²) in [5, 5.41) is 2.40. The van der Waals surface area contributed by atoms with Gasteiger partial charge >= 0.3 is 0 Å². The van der Waals surface area contributed by atoms with Crippen LogP contribution in [0.25, 0.3) is 0 Å². The average Bonchev–Trinajstić information content (AvgIpc) is 1.37. The molecule has 0 fully saturated rings. The molecule has 0 spiro atoms. The van der Waals surface area contributed by atoms with E-state index in [1.54, 1.807) is 0 Å². The van der Waals surface area contributed by atoms with E-state index >= 15 is 0 Å². The third-order valence-electron chi connectivity index (χ3n) is 0.0488. The van der Waals surface area contributed by atoms with E-state index in [4.69, 9.17) is 4.91 Å². The maximum Gasteiger partial charge on any atom is 0.136 e. The van der Waals surface area contributed by atoms with Crippen LogP contribution in [0.1, 0.15) is 0 Å². The van der Waals surface area contributed by atoms with Crippen LogP contribution < -0.4 is 0 Å². The first-order valence-corrected chi connectivity index (χ1v) is 1.89. The molecule has 4 heavy (non-hydrogen) atoms. The van der Waals surface area contributed by atoms with Crippen LogP contribution in [0.5, 0.6) is 0 Å². The van der Waals surface area contributed by atoms with Crippen molar-refractivity contribution >= 4 is 15.9 Å². The number of nitrogens with zero attached hydrogens (tertiary/aromatic N) is 1. The Morgan fingerprint density at radius 1 is 2.00 bits per heavy atom. The molecular weight excluding hydrogens is 122 g/mol. The minimum Gasteiger partial charge on any atom is -0.150 e. The van der Waals surface area contributed by atoms with E-state index in [1.807, 2.05) is 0 Å². The number of hydrogen-bond acceptors (Lipinski definition) is 2. The van der Waals surface area contributed by atoms with E-state index in [1.165, 1.54) is 0 Å². The molecule has 0 bridgehead atoms. The molecule has 0 atom stereocenters. The molecule has 0 aliphatic rings. The second kappa shape index (κ2) is 3.08. The van der Waals surface area contributed by atoms with Gasteiger partial charge in [-0.1, -0.05) is 21.1 Å². The first-order valence-electron chi connectivity index (χ1n) is 0.766. The fourth-order valence-corrected chi connectivity index (χ4v) is 0. The number of hydrogen-bond donors (Lipinski definition) is 0. The summed E-state index contributed by atoms with van der Waals surface area (Å²) in [5.74, 6) is 0. The molecule has 0 radical (unpaired) electrons. The van der Waals surface area contributed by atoms with Gasteiger partial charge in [-0.25, -0.2) is 0 Å². The predicted octanol–water partition coefficient (Wildman–Crippen LogP) is 1.11. The molecule has 3 heteroatoms. The first kappa shape index (κ1) is 4.08. The number of alkyl halides is 1. The van der Waals surface area contributed by atoms with Gasteiger partial charge < -0.3 is 0 Å². The number of nitroso groups, excluding NO2 is 1. The quantitative estimate of drug-likeness (QED) is 0.292. The highest BCUT2D eigenvalue weighted by Crippen LogP contribution is 1.73. The summed E-state index contributed by atoms with van der Waals surface area (Å²) in [7, 11) is 0. The van der Waals surface area contributed by atoms with Crippen molar-refractivity contribution in [2.24, 2.45) is 5.18 Å². The molecule has 0 aliphatic carbocycles. The van der Waals surface area contributed by atoms with Crippen LogP contribution >= 0.6 is 15.9 Å². The Hall–Kier alpha value is 0.0800. The summed E-state index contributed by atoms with van der Waals surface area (Å²) in [6.45, 7) is 0. The lowest BCUT2D eigenvalue weighted by Crippen LogP contribution is -1.43. The third-order valence-corrected chi connectivity index (χ3v) is 0.254. The van der Waals surface area contributed by atoms with Gasteiger partial charge in [-0.2, -0.15) is 0 Å². The molecule has 0 heterocycles. The van der Waals surface area contributed by atoms with Gasteiger partial charge in [0.1, 0.15) is 5.45 Å². The molecule has 2 nitrogen and oxygen atoms in total. The smallest absolute Gasteiger partial charge is 0.136 e. The lowest BCUT2D eigenvalue weighted by molar-refractivity contribution is 1.37. The molecule has 0 aromatic carbocycles. The Balaban J connectivity index is 2.30. The van der Waals surface area contributed by atoms with Crippen LogP contribution in [0.4, 0.5) is 0 Å². The minimum absolute atomic E-state index is 0.201. The van der Waals surface area contributed by atoms with Crippen LogP contribution in [0, 0.1) is 4.91 Å². The van der Waals surface area contributed by atoms with Crippen molar-refractivity contribution in [1.82, 2.24) is 0 Å². The molecule has 0 rings (SSSR count). The molecule has 0 amide bonds. The van der Waals surface area contributed by atoms with Crippen molar-refractivity contribution in [2.75, 3.05) is 5.45 Å². The normalized spacial score (nSPS) is 6.25. The summed E-state index contributed by atoms with van der Waals surface area (Å²) in [6, 6.07) is 0. The minimum atomic E-state index is 0.201. The molecule has 0 aliphatic heterocycles. The van der Waals surface area contributed by atoms with E-state index in [2.05, 4.69) is 21.1 Å². The molecule has 24 valence electrons. The first-order chi connectivity index (χ1) is 1.91. The van der Waals surface area contributed by atoms with Gasteiger partial charge in [-0.3, -0.25) is 0 Å². The van der Waals surface area contributed by atoms with Gasteiger partial charge in [0.15, 0.2) is 0 Å². The van der Waals surface area contributed by atoms with Crippen molar-refractivity contribution in [2.45, 2.75) is 0 Å². The molecule has 0 aromatic rings. The molecule has 0 saturated carbocycles. The lowest BCUT2D eigenvalue weighted by atomic mass is 11.6. The Bertz CT molecular complexity index is 22.0. The summed E-state index contributed by atoms with van der Waals surface area (Å²) >= 11 is 2.77. The average molecular weight is 124 g/mol. The zero-order valence-corrected chi connectivity index (χ0v) is 3.53. The van der Waals surface area contributed by atoms with E-state index in [9.17, 15) is 0 Å². The zero-order valence-electron chi connectivity index (χ0n) is 1.94. The van der Waals surface area contributed by atoms with E-state index < -0.39 is 0 Å². The fourth-order valence-electron chi connectivity index (χ4n) is 0. The molecular formula is CH2BrNO. The summed E-state index contributed by atoms with van der Waals surface area (Å²) in [5.41, 5.74) is 0.201. The van der Waals surface area contributed by atoms with Crippen molar-refractivity contribution in [3.8, 4) is 0 Å². The summed E-state index contributed by atoms with van der Waals surface area (Å²) in [6.07, 6.45) is 0. The van der Waals surface area contributed by atoms with Crippen LogP contribution in [-0.2, 0) is 0 Å². The van der Waals surface area contributed by atoms with Crippen molar-refractivity contribution in [1.29, 1.82) is 0 Å². The second-order valence-corrected chi connectivity index (χ2v) is 0.750. The van der Waals surface area contributed by atoms with Gasteiger partial charge in [0.25, 0.3) is 0 Å². The van der Waals surface area contributed by atoms with Crippen LogP contribution in [0.15, 0.2) is 5.18 Å². The van der Waals surface area contributed by atoms with Gasteiger partial charge in [-0.15, -0.1) is 4.91 Å². The van der Waals surface area contributed by atoms with E-state index in [0.29, 0.717) is 0 Å². The largest absolute Gasteiger partial charge is 0.150 e. The Labute approximate surface area is 32.3 Å². The Kier molecular flexibility index (Phi) is 3.14. The molecule has 0 aromatic heterocycles. The highest BCUT2D eigenvalue weighted by Gasteiger charge is 1.54. The van der Waals surface area contributed by atoms with Crippen LogP contribution in [0.2, 0.25) is 0 Å². The van der Waals surface area contributed by atoms with Gasteiger partial charge in [0.05, 0.1) is 0 Å². The summed E-state index contributed by atoms with van der Waals surface area (Å²) in [4.78, 5) is 8.88. The lowest BCUT2D eigenvalue weighted by Gasteiger charge is -1.50. The van der Waals surface area contributed by atoms with Gasteiger partial charge in [0, 0.05) is 0 Å². The maximum absolute atomic E-state index is 8.88. The molecule has 0 unspecified atom stereocenters. The predicted molar refractivity (Wildman–Crippen MR) is 19.6 cm³/mol. The number of halogens is 1. The van der Waals surface area contributed by atoms with Crippen molar-refractivity contribution < 1.29 is 0 Å². The van der Waals surface area contributed by atoms with E-state index in [0.717, 1.165) is 0 Å². The summed E-state index contributed by atoms with van der Waals surface area (Å²) < 4.78 is 0. The Morgan fingerprint density at radius 2 is 2.25 bits per heavy atom. The third kappa shape index (κ3) is 2.08. The highest BCUT2D eigenvalue weighted by molar-refractivity contribution is 9.09. The SMILES string of the molecule is O=NCBr. The van der Waals surface area contributed by atoms with Crippen molar-refractivity contribution in [3.05, 3.63) is 4.91 Å². The van der Waals surface area contributed by atoms with Crippen LogP contribution in [-0.4, -0.2) is 5.45 Å². The second-order valence-electron chi connectivity index (χ2n) is 0.249. The zero-order chi connectivity index (χ0) is 3.41. The van der Waals surface area contributed by atoms with Gasteiger partial charge in [0.2, 0.25) is 0 Å². The van der Waals surface area contributed by atoms with Crippen molar-refractivity contribution in [3.63, 3.8) is 0 Å². The van der Waals surface area contributed by atoms with Gasteiger partial charge in [-0.05, 0) is 0 Å². The number of rotatable bonds is 1. The molecule has 0 N–H and O–H groups in total. The monoisotopic (exact) mass is 123 g/mol. The molecule has 0 saturated heterocycles. The standard InChI is InChI=1S/CH2BrNO/c2-1-3-4/h1H2. The Morgan fingerprint density at radius 3 is 2.25 bits per heavy atom. The maximum atomic E-state index is 8.88. The highest BCUT2D eigenvalue weighted by atomic mass is 79.9. The van der Waals surface area contributed by atoms with E-state index in [-0.39, 0.29) is 5.45 Å². The fraction of sp³-hybridized carbons (Fsp3) is 1.00.